The molecule has 4 aliphatic carbocycles. The summed E-state index contributed by atoms with van der Waals surface area (Å²) in [4.78, 5) is 15.6. The number of anilines is 1. The molecule has 6 rings (SSSR count). The van der Waals surface area contributed by atoms with Crippen LogP contribution in [0, 0.1) is 35.5 Å². The van der Waals surface area contributed by atoms with E-state index in [-0.39, 0.29) is 5.91 Å². The fraction of sp³-hybridized carbons (Fsp3) is 0.720. The van der Waals surface area contributed by atoms with Crippen molar-refractivity contribution in [3.63, 3.8) is 0 Å². The molecular formula is C25H34N2O2. The molecule has 1 saturated heterocycles. The molecule has 5 unspecified atom stereocenters. The molecule has 1 heterocycles. The number of nitrogens with one attached hydrogen (secondary N) is 1. The maximum atomic E-state index is 13.1. The zero-order valence-electron chi connectivity index (χ0n) is 17.7. The molecule has 1 aliphatic heterocycles. The van der Waals surface area contributed by atoms with E-state index in [9.17, 15) is 4.79 Å². The molecule has 1 spiro atoms. The zero-order valence-corrected chi connectivity index (χ0v) is 17.7. The zero-order chi connectivity index (χ0) is 19.6. The van der Waals surface area contributed by atoms with E-state index >= 15 is 0 Å². The Morgan fingerprint density at radius 2 is 2.03 bits per heavy atom. The molecule has 156 valence electrons. The first-order chi connectivity index (χ1) is 14.0. The van der Waals surface area contributed by atoms with Gasteiger partial charge in [0.05, 0.1) is 13.2 Å². The molecule has 5 aliphatic rings. The van der Waals surface area contributed by atoms with Crippen LogP contribution >= 0.6 is 0 Å². The number of aryl methyl sites for hydroxylation is 1. The van der Waals surface area contributed by atoms with Crippen molar-refractivity contribution in [2.45, 2.75) is 58.4 Å². The van der Waals surface area contributed by atoms with Crippen molar-refractivity contribution < 1.29 is 9.53 Å². The van der Waals surface area contributed by atoms with Gasteiger partial charge in [0.25, 0.3) is 0 Å². The third kappa shape index (κ3) is 2.97. The summed E-state index contributed by atoms with van der Waals surface area (Å²) in [5.41, 5.74) is 4.42. The van der Waals surface area contributed by atoms with Crippen molar-refractivity contribution in [2.75, 3.05) is 31.6 Å². The van der Waals surface area contributed by atoms with Gasteiger partial charge >= 0.3 is 0 Å². The van der Waals surface area contributed by atoms with Gasteiger partial charge in [-0.05, 0) is 91.2 Å². The fourth-order valence-corrected chi connectivity index (χ4v) is 8.20. The summed E-state index contributed by atoms with van der Waals surface area (Å²) in [6.45, 7) is 6.66. The number of morpholine rings is 1. The van der Waals surface area contributed by atoms with Crippen LogP contribution < -0.4 is 5.32 Å². The van der Waals surface area contributed by atoms with Gasteiger partial charge in [-0.15, -0.1) is 0 Å². The Balaban J connectivity index is 1.14. The topological polar surface area (TPSA) is 41.6 Å². The summed E-state index contributed by atoms with van der Waals surface area (Å²) in [6, 6.07) is 6.55. The summed E-state index contributed by atoms with van der Waals surface area (Å²) < 4.78 is 5.46. The molecule has 1 N–H and O–H groups in total. The molecule has 29 heavy (non-hydrogen) atoms. The van der Waals surface area contributed by atoms with Crippen LogP contribution in [-0.2, 0) is 16.1 Å². The Morgan fingerprint density at radius 3 is 2.90 bits per heavy atom. The quantitative estimate of drug-likeness (QED) is 0.806. The Hall–Kier alpha value is -1.39. The fourth-order valence-electron chi connectivity index (χ4n) is 8.20. The van der Waals surface area contributed by atoms with Gasteiger partial charge in [-0.2, -0.15) is 0 Å². The van der Waals surface area contributed by atoms with Crippen molar-refractivity contribution in [3.8, 4) is 0 Å². The largest absolute Gasteiger partial charge is 0.379 e. The lowest BCUT2D eigenvalue weighted by Crippen LogP contribution is -2.42. The highest BCUT2D eigenvalue weighted by atomic mass is 16.5. The number of rotatable bonds is 5. The summed E-state index contributed by atoms with van der Waals surface area (Å²) in [5, 5.41) is 3.31. The molecule has 3 bridgehead atoms. The van der Waals surface area contributed by atoms with Crippen LogP contribution in [0.5, 0.6) is 0 Å². The maximum Gasteiger partial charge on any atom is 0.224 e. The van der Waals surface area contributed by atoms with E-state index in [0.29, 0.717) is 10.8 Å². The first-order valence-electron chi connectivity index (χ1n) is 11.7. The summed E-state index contributed by atoms with van der Waals surface area (Å²) in [6.07, 6.45) is 9.12. The number of carbonyl (C=O) groups excluding carboxylic acids is 1. The maximum absolute atomic E-state index is 13.1. The predicted octanol–water partition coefficient (Wildman–Crippen LogP) is 4.37. The highest BCUT2D eigenvalue weighted by Crippen LogP contribution is 2.79. The van der Waals surface area contributed by atoms with Crippen molar-refractivity contribution in [1.82, 2.24) is 4.90 Å². The number of benzene rings is 1. The second kappa shape index (κ2) is 6.55. The van der Waals surface area contributed by atoms with Crippen LogP contribution in [0.2, 0.25) is 0 Å². The standard InChI is InChI=1S/C25H34N2O2/c1-17-2-3-18(15-27-4-6-29-7-5-27)9-22(17)26-23(28)14-24-11-19-8-20-10-21(13-24)25(20,12-19)16-24/h2-3,9,19-21H,4-8,10-16H2,1H3,(H,26,28). The lowest BCUT2D eigenvalue weighted by molar-refractivity contribution is -0.119. The second-order valence-corrected chi connectivity index (χ2v) is 11.0. The van der Waals surface area contributed by atoms with Gasteiger partial charge in [0.15, 0.2) is 0 Å². The molecule has 4 saturated carbocycles. The van der Waals surface area contributed by atoms with Crippen LogP contribution in [0.25, 0.3) is 0 Å². The first-order valence-corrected chi connectivity index (χ1v) is 11.7. The van der Waals surface area contributed by atoms with Crippen LogP contribution in [-0.4, -0.2) is 37.1 Å². The third-order valence-electron chi connectivity index (χ3n) is 9.21. The normalized spacial score (nSPS) is 40.0. The van der Waals surface area contributed by atoms with Gasteiger partial charge < -0.3 is 10.1 Å². The number of hydrogen-bond acceptors (Lipinski definition) is 3. The van der Waals surface area contributed by atoms with E-state index in [4.69, 9.17) is 4.74 Å². The molecule has 1 aromatic carbocycles. The average Bonchev–Trinajstić information content (AvgIpc) is 3.00. The van der Waals surface area contributed by atoms with E-state index in [1.165, 1.54) is 44.1 Å². The lowest BCUT2D eigenvalue weighted by atomic mass is 9.55. The molecule has 5 fully saturated rings. The van der Waals surface area contributed by atoms with Gasteiger partial charge in [-0.1, -0.05) is 12.1 Å². The minimum absolute atomic E-state index is 0.243. The van der Waals surface area contributed by atoms with Crippen molar-refractivity contribution >= 4 is 11.6 Å². The highest BCUT2D eigenvalue weighted by molar-refractivity contribution is 5.92. The summed E-state index contributed by atoms with van der Waals surface area (Å²) in [7, 11) is 0. The van der Waals surface area contributed by atoms with Crippen LogP contribution in [0.15, 0.2) is 18.2 Å². The van der Waals surface area contributed by atoms with Crippen LogP contribution in [0.3, 0.4) is 0 Å². The van der Waals surface area contributed by atoms with Crippen molar-refractivity contribution in [2.24, 2.45) is 28.6 Å². The minimum Gasteiger partial charge on any atom is -0.379 e. The van der Waals surface area contributed by atoms with Gasteiger partial charge in [0.1, 0.15) is 0 Å². The van der Waals surface area contributed by atoms with E-state index < -0.39 is 0 Å². The summed E-state index contributed by atoms with van der Waals surface area (Å²) >= 11 is 0. The molecule has 4 heteroatoms. The van der Waals surface area contributed by atoms with Crippen molar-refractivity contribution in [1.29, 1.82) is 0 Å². The number of fused-ring (bicyclic) bond motifs is 2. The van der Waals surface area contributed by atoms with Gasteiger partial charge in [0, 0.05) is 31.7 Å². The molecule has 1 aromatic rings. The van der Waals surface area contributed by atoms with Crippen LogP contribution in [0.1, 0.15) is 56.1 Å². The Morgan fingerprint density at radius 1 is 1.17 bits per heavy atom. The van der Waals surface area contributed by atoms with Crippen molar-refractivity contribution in [3.05, 3.63) is 29.3 Å². The summed E-state index contributed by atoms with van der Waals surface area (Å²) in [5.74, 6) is 3.09. The van der Waals surface area contributed by atoms with Gasteiger partial charge in [-0.3, -0.25) is 9.69 Å². The third-order valence-corrected chi connectivity index (χ3v) is 9.21. The van der Waals surface area contributed by atoms with E-state index in [0.717, 1.165) is 68.3 Å². The van der Waals surface area contributed by atoms with E-state index in [1.54, 1.807) is 0 Å². The lowest BCUT2D eigenvalue weighted by Gasteiger charge is -2.49. The monoisotopic (exact) mass is 394 g/mol. The Labute approximate surface area is 174 Å². The minimum atomic E-state index is 0.243. The van der Waals surface area contributed by atoms with Gasteiger partial charge in [0.2, 0.25) is 5.91 Å². The molecule has 4 nitrogen and oxygen atoms in total. The first kappa shape index (κ1) is 18.4. The predicted molar refractivity (Wildman–Crippen MR) is 114 cm³/mol. The van der Waals surface area contributed by atoms with Gasteiger partial charge in [-0.25, -0.2) is 0 Å². The molecule has 5 atom stereocenters. The number of carbonyl (C=O) groups is 1. The molecule has 0 radical (unpaired) electrons. The second-order valence-electron chi connectivity index (χ2n) is 11.0. The average molecular weight is 395 g/mol. The van der Waals surface area contributed by atoms with Crippen LogP contribution in [0.4, 0.5) is 5.69 Å². The molecular weight excluding hydrogens is 360 g/mol. The Kier molecular flexibility index (Phi) is 4.15. The Bertz CT molecular complexity index is 828. The SMILES string of the molecule is Cc1ccc(CN2CCOCC2)cc1NC(=O)CC12CC3CC4CC(C1)C4(C3)C2. The number of ether oxygens (including phenoxy) is 1. The highest BCUT2D eigenvalue weighted by Gasteiger charge is 2.70. The number of nitrogens with zero attached hydrogens (tertiary/aromatic N) is 1. The number of hydrogen-bond donors (Lipinski definition) is 1. The molecule has 0 aromatic heterocycles. The smallest absolute Gasteiger partial charge is 0.224 e. The van der Waals surface area contributed by atoms with E-state index in [1.807, 2.05) is 0 Å². The van der Waals surface area contributed by atoms with E-state index in [2.05, 4.69) is 35.3 Å². The molecule has 1 amide bonds. The number of amides is 1.